The molecule has 2 N–H and O–H groups in total. The summed E-state index contributed by atoms with van der Waals surface area (Å²) in [5.74, 6) is -0.248. The summed E-state index contributed by atoms with van der Waals surface area (Å²) in [5, 5.41) is 15.1. The van der Waals surface area contributed by atoms with Gasteiger partial charge in [-0.2, -0.15) is 10.2 Å². The molecular formula is C24H26FN7O3. The van der Waals surface area contributed by atoms with E-state index in [-0.39, 0.29) is 17.5 Å². The summed E-state index contributed by atoms with van der Waals surface area (Å²) >= 11 is 0. The maximum absolute atomic E-state index is 12.9. The van der Waals surface area contributed by atoms with Gasteiger partial charge < -0.3 is 14.8 Å². The molecular weight excluding hydrogens is 453 g/mol. The Morgan fingerprint density at radius 2 is 2.06 bits per heavy atom. The maximum atomic E-state index is 12.9. The monoisotopic (exact) mass is 479 g/mol. The van der Waals surface area contributed by atoms with Gasteiger partial charge in [-0.1, -0.05) is 6.07 Å². The summed E-state index contributed by atoms with van der Waals surface area (Å²) < 4.78 is 25.2. The zero-order valence-electron chi connectivity index (χ0n) is 19.3. The van der Waals surface area contributed by atoms with Crippen LogP contribution in [0.2, 0.25) is 0 Å². The number of amides is 1. The Kier molecular flexibility index (Phi) is 6.68. The largest absolute Gasteiger partial charge is 0.444 e. The SMILES string of the molecule is CC(F)Oc1ccc(NC(=O)c2n[nH]c3ccc(-c4cnn(CCN5CCOCC5)c4)cc23)cn1. The molecule has 3 aromatic heterocycles. The average molecular weight is 480 g/mol. The lowest BCUT2D eigenvalue weighted by Crippen LogP contribution is -2.38. The van der Waals surface area contributed by atoms with Crippen molar-refractivity contribution in [2.75, 3.05) is 38.2 Å². The van der Waals surface area contributed by atoms with Crippen molar-refractivity contribution >= 4 is 22.5 Å². The molecule has 1 aliphatic heterocycles. The van der Waals surface area contributed by atoms with Crippen LogP contribution in [0.4, 0.5) is 10.1 Å². The minimum atomic E-state index is -1.47. The van der Waals surface area contributed by atoms with Crippen LogP contribution in [0.15, 0.2) is 48.9 Å². The fourth-order valence-electron chi connectivity index (χ4n) is 3.95. The van der Waals surface area contributed by atoms with Crippen LogP contribution in [0, 0.1) is 0 Å². The Bertz CT molecular complexity index is 1300. The third-order valence-electron chi connectivity index (χ3n) is 5.77. The summed E-state index contributed by atoms with van der Waals surface area (Å²) in [5.41, 5.74) is 3.36. The number of aromatic amines is 1. The number of rotatable bonds is 8. The van der Waals surface area contributed by atoms with Crippen LogP contribution in [0.3, 0.4) is 0 Å². The van der Waals surface area contributed by atoms with Crippen LogP contribution in [0.25, 0.3) is 22.0 Å². The summed E-state index contributed by atoms with van der Waals surface area (Å²) in [4.78, 5) is 19.3. The number of nitrogens with zero attached hydrogens (tertiary/aromatic N) is 5. The number of carbonyl (C=O) groups excluding carboxylic acids is 1. The van der Waals surface area contributed by atoms with Gasteiger partial charge in [-0.05, 0) is 23.8 Å². The number of morpholine rings is 1. The molecule has 0 saturated carbocycles. The van der Waals surface area contributed by atoms with Gasteiger partial charge in [-0.3, -0.25) is 19.5 Å². The Morgan fingerprint density at radius 1 is 1.20 bits per heavy atom. The molecule has 0 radical (unpaired) electrons. The van der Waals surface area contributed by atoms with Gasteiger partial charge >= 0.3 is 0 Å². The number of halogens is 1. The van der Waals surface area contributed by atoms with Crippen LogP contribution in [0.1, 0.15) is 17.4 Å². The first kappa shape index (κ1) is 22.9. The quantitative estimate of drug-likeness (QED) is 0.400. The Labute approximate surface area is 201 Å². The first-order valence-corrected chi connectivity index (χ1v) is 11.4. The van der Waals surface area contributed by atoms with Crippen molar-refractivity contribution in [2.45, 2.75) is 19.8 Å². The normalized spacial score (nSPS) is 15.3. The highest BCUT2D eigenvalue weighted by Gasteiger charge is 2.16. The van der Waals surface area contributed by atoms with E-state index in [9.17, 15) is 9.18 Å². The highest BCUT2D eigenvalue weighted by molar-refractivity contribution is 6.11. The molecule has 0 aliphatic carbocycles. The first-order chi connectivity index (χ1) is 17.0. The molecule has 4 heterocycles. The molecule has 0 spiro atoms. The van der Waals surface area contributed by atoms with Gasteiger partial charge in [0.2, 0.25) is 12.2 Å². The summed E-state index contributed by atoms with van der Waals surface area (Å²) in [6, 6.07) is 8.87. The van der Waals surface area contributed by atoms with Crippen molar-refractivity contribution in [1.29, 1.82) is 0 Å². The topological polar surface area (TPSA) is 110 Å². The minimum absolute atomic E-state index is 0.137. The van der Waals surface area contributed by atoms with E-state index >= 15 is 0 Å². The molecule has 1 aromatic carbocycles. The molecule has 10 nitrogen and oxygen atoms in total. The Hall–Kier alpha value is -3.83. The second-order valence-electron chi connectivity index (χ2n) is 8.28. The Balaban J connectivity index is 1.29. The molecule has 1 saturated heterocycles. The fraction of sp³-hybridized carbons (Fsp3) is 0.333. The summed E-state index contributed by atoms with van der Waals surface area (Å²) in [7, 11) is 0. The van der Waals surface area contributed by atoms with Crippen molar-refractivity contribution in [1.82, 2.24) is 29.9 Å². The number of aromatic nitrogens is 5. The van der Waals surface area contributed by atoms with E-state index in [1.807, 2.05) is 35.3 Å². The van der Waals surface area contributed by atoms with Gasteiger partial charge in [0.1, 0.15) is 0 Å². The highest BCUT2D eigenvalue weighted by atomic mass is 19.1. The number of pyridine rings is 1. The molecule has 1 atom stereocenters. The lowest BCUT2D eigenvalue weighted by atomic mass is 10.1. The molecule has 0 bridgehead atoms. The zero-order chi connectivity index (χ0) is 24.2. The smallest absolute Gasteiger partial charge is 0.276 e. The molecule has 11 heteroatoms. The predicted octanol–water partition coefficient (Wildman–Crippen LogP) is 3.10. The van der Waals surface area contributed by atoms with Gasteiger partial charge in [0, 0.05) is 49.8 Å². The standard InChI is InChI=1S/C24H26FN7O3/c1-16(25)35-22-5-3-19(14-26-22)28-24(33)23-20-12-17(2-4-21(20)29-30-23)18-13-27-32(15-18)7-6-31-8-10-34-11-9-31/h2-5,12-16H,6-11H2,1H3,(H,28,33)(H,29,30). The van der Waals surface area contributed by atoms with E-state index in [2.05, 4.69) is 30.5 Å². The molecule has 1 fully saturated rings. The van der Waals surface area contributed by atoms with Gasteiger partial charge in [-0.25, -0.2) is 9.37 Å². The number of hydrogen-bond donors (Lipinski definition) is 2. The predicted molar refractivity (Wildman–Crippen MR) is 128 cm³/mol. The number of fused-ring (bicyclic) bond motifs is 1. The molecule has 1 unspecified atom stereocenters. The van der Waals surface area contributed by atoms with Crippen molar-refractivity contribution in [3.05, 3.63) is 54.6 Å². The second kappa shape index (κ2) is 10.2. The summed E-state index contributed by atoms with van der Waals surface area (Å²) in [6.45, 7) is 6.43. The first-order valence-electron chi connectivity index (χ1n) is 11.4. The van der Waals surface area contributed by atoms with Gasteiger partial charge in [0.15, 0.2) is 5.69 Å². The zero-order valence-corrected chi connectivity index (χ0v) is 19.3. The lowest BCUT2D eigenvalue weighted by Gasteiger charge is -2.26. The maximum Gasteiger partial charge on any atom is 0.276 e. The van der Waals surface area contributed by atoms with Crippen LogP contribution in [-0.4, -0.2) is 75.0 Å². The van der Waals surface area contributed by atoms with E-state index < -0.39 is 6.36 Å². The molecule has 1 aliphatic rings. The van der Waals surface area contributed by atoms with E-state index in [0.29, 0.717) is 11.1 Å². The van der Waals surface area contributed by atoms with Crippen LogP contribution < -0.4 is 10.1 Å². The van der Waals surface area contributed by atoms with E-state index in [1.54, 1.807) is 6.07 Å². The molecule has 182 valence electrons. The number of ether oxygens (including phenoxy) is 2. The molecule has 4 aromatic rings. The summed E-state index contributed by atoms with van der Waals surface area (Å²) in [6.07, 6.45) is 3.77. The van der Waals surface area contributed by atoms with Crippen molar-refractivity contribution in [3.63, 3.8) is 0 Å². The number of anilines is 1. The third-order valence-corrected chi connectivity index (χ3v) is 5.77. The van der Waals surface area contributed by atoms with Crippen molar-refractivity contribution < 1.29 is 18.7 Å². The van der Waals surface area contributed by atoms with Crippen molar-refractivity contribution in [2.24, 2.45) is 0 Å². The van der Waals surface area contributed by atoms with E-state index in [1.165, 1.54) is 19.2 Å². The average Bonchev–Trinajstić information content (AvgIpc) is 3.51. The van der Waals surface area contributed by atoms with Crippen LogP contribution in [0.5, 0.6) is 5.88 Å². The number of nitrogens with one attached hydrogen (secondary N) is 2. The molecule has 35 heavy (non-hydrogen) atoms. The number of alkyl halides is 1. The van der Waals surface area contributed by atoms with Crippen LogP contribution in [-0.2, 0) is 11.3 Å². The van der Waals surface area contributed by atoms with Gasteiger partial charge in [-0.15, -0.1) is 0 Å². The van der Waals surface area contributed by atoms with Gasteiger partial charge in [0.25, 0.3) is 5.91 Å². The van der Waals surface area contributed by atoms with Crippen molar-refractivity contribution in [3.8, 4) is 17.0 Å². The molecule has 1 amide bonds. The number of carbonyl (C=O) groups is 1. The number of hydrogen-bond acceptors (Lipinski definition) is 7. The van der Waals surface area contributed by atoms with Crippen LogP contribution >= 0.6 is 0 Å². The second-order valence-corrected chi connectivity index (χ2v) is 8.28. The van der Waals surface area contributed by atoms with E-state index in [0.717, 1.165) is 56.0 Å². The Morgan fingerprint density at radius 3 is 2.83 bits per heavy atom. The van der Waals surface area contributed by atoms with Gasteiger partial charge in [0.05, 0.1) is 43.4 Å². The number of benzene rings is 1. The lowest BCUT2D eigenvalue weighted by molar-refractivity contribution is 0.0360. The number of H-pyrrole nitrogens is 1. The third kappa shape index (κ3) is 5.47. The fourth-order valence-corrected chi connectivity index (χ4v) is 3.95. The minimum Gasteiger partial charge on any atom is -0.444 e. The van der Waals surface area contributed by atoms with E-state index in [4.69, 9.17) is 9.47 Å². The highest BCUT2D eigenvalue weighted by Crippen LogP contribution is 2.26. The molecule has 5 rings (SSSR count).